The van der Waals surface area contributed by atoms with E-state index in [0.29, 0.717) is 0 Å². The minimum atomic E-state index is 0.907. The van der Waals surface area contributed by atoms with Crippen LogP contribution in [0, 0.1) is 0 Å². The van der Waals surface area contributed by atoms with E-state index in [0.717, 1.165) is 16.8 Å². The minimum Gasteiger partial charge on any atom is -0.240 e. The van der Waals surface area contributed by atoms with Gasteiger partial charge in [0.25, 0.3) is 0 Å². The van der Waals surface area contributed by atoms with Crippen molar-refractivity contribution >= 4 is 12.4 Å². The highest BCUT2D eigenvalue weighted by molar-refractivity contribution is 5.82. The van der Waals surface area contributed by atoms with Crippen molar-refractivity contribution in [2.75, 3.05) is 0 Å². The summed E-state index contributed by atoms with van der Waals surface area (Å²) in [6, 6.07) is 19.8. The van der Waals surface area contributed by atoms with Crippen LogP contribution in [0.3, 0.4) is 0 Å². The number of rotatable bonds is 4. The quantitative estimate of drug-likeness (QED) is 0.531. The van der Waals surface area contributed by atoms with Gasteiger partial charge in [-0.1, -0.05) is 48.5 Å². The van der Waals surface area contributed by atoms with Gasteiger partial charge in [0.2, 0.25) is 0 Å². The van der Waals surface area contributed by atoms with E-state index in [1.807, 2.05) is 71.5 Å². The Hall–Kier alpha value is -3.01. The van der Waals surface area contributed by atoms with Gasteiger partial charge < -0.3 is 0 Å². The van der Waals surface area contributed by atoms with E-state index in [4.69, 9.17) is 0 Å². The molecule has 0 aliphatic rings. The van der Waals surface area contributed by atoms with Crippen LogP contribution in [0.1, 0.15) is 11.1 Å². The number of aromatic nitrogens is 2. The molecule has 0 aliphatic carbocycles. The number of nitrogens with zero attached hydrogens (tertiary/aromatic N) is 4. The van der Waals surface area contributed by atoms with Crippen LogP contribution in [0.4, 0.5) is 0 Å². The van der Waals surface area contributed by atoms with Crippen LogP contribution in [-0.2, 0) is 0 Å². The smallest absolute Gasteiger partial charge is 0.0645 e. The molecule has 1 heterocycles. The Morgan fingerprint density at radius 3 is 2.10 bits per heavy atom. The average Bonchev–Trinajstić information content (AvgIpc) is 3.02. The highest BCUT2D eigenvalue weighted by Gasteiger charge is 1.97. The lowest BCUT2D eigenvalue weighted by Gasteiger charge is -1.98. The molecule has 0 fully saturated rings. The second kappa shape index (κ2) is 6.43. The predicted molar refractivity (Wildman–Crippen MR) is 85.2 cm³/mol. The summed E-state index contributed by atoms with van der Waals surface area (Å²) in [7, 11) is 0. The van der Waals surface area contributed by atoms with Crippen molar-refractivity contribution < 1.29 is 0 Å². The van der Waals surface area contributed by atoms with E-state index in [1.54, 1.807) is 18.6 Å². The van der Waals surface area contributed by atoms with Crippen LogP contribution >= 0.6 is 0 Å². The van der Waals surface area contributed by atoms with Crippen LogP contribution in [0.2, 0.25) is 0 Å². The largest absolute Gasteiger partial charge is 0.240 e. The Labute approximate surface area is 123 Å². The van der Waals surface area contributed by atoms with Gasteiger partial charge in [-0.05, 0) is 17.7 Å². The lowest BCUT2D eigenvalue weighted by molar-refractivity contribution is 0.880. The highest BCUT2D eigenvalue weighted by Crippen LogP contribution is 2.06. The number of hydrogen-bond acceptors (Lipinski definition) is 3. The number of hydrogen-bond donors (Lipinski definition) is 0. The topological polar surface area (TPSA) is 42.5 Å². The van der Waals surface area contributed by atoms with E-state index in [-0.39, 0.29) is 0 Å². The maximum absolute atomic E-state index is 4.30. The highest BCUT2D eigenvalue weighted by atomic mass is 15.3. The molecule has 1 aromatic heterocycles. The van der Waals surface area contributed by atoms with Gasteiger partial charge in [0.15, 0.2) is 0 Å². The zero-order valence-electron chi connectivity index (χ0n) is 11.4. The molecule has 0 N–H and O–H groups in total. The Bertz CT molecular complexity index is 743. The van der Waals surface area contributed by atoms with Gasteiger partial charge in [-0.25, -0.2) is 4.68 Å². The molecule has 4 nitrogen and oxygen atoms in total. The predicted octanol–water partition coefficient (Wildman–Crippen LogP) is 3.33. The lowest BCUT2D eigenvalue weighted by Crippen LogP contribution is -1.92. The first-order valence-corrected chi connectivity index (χ1v) is 6.63. The second-order valence-electron chi connectivity index (χ2n) is 4.45. The molecule has 3 rings (SSSR count). The van der Waals surface area contributed by atoms with E-state index < -0.39 is 0 Å². The summed E-state index contributed by atoms with van der Waals surface area (Å²) in [5.41, 5.74) is 2.95. The summed E-state index contributed by atoms with van der Waals surface area (Å²) in [5, 5.41) is 12.4. The number of para-hydroxylation sites is 1. The summed E-state index contributed by atoms with van der Waals surface area (Å²) in [5.74, 6) is 0. The van der Waals surface area contributed by atoms with Crippen LogP contribution in [-0.4, -0.2) is 22.2 Å². The van der Waals surface area contributed by atoms with Gasteiger partial charge in [-0.15, -0.1) is 0 Å². The molecule has 0 spiro atoms. The van der Waals surface area contributed by atoms with Crippen molar-refractivity contribution in [3.63, 3.8) is 0 Å². The Morgan fingerprint density at radius 2 is 1.38 bits per heavy atom. The zero-order valence-corrected chi connectivity index (χ0v) is 11.4. The first-order valence-electron chi connectivity index (χ1n) is 6.63. The Kier molecular flexibility index (Phi) is 3.98. The SMILES string of the molecule is C(=N\N=C\c1cnn(-c2ccccc2)c1)/c1ccccc1. The Morgan fingerprint density at radius 1 is 0.762 bits per heavy atom. The van der Waals surface area contributed by atoms with Gasteiger partial charge in [-0.3, -0.25) is 0 Å². The summed E-state index contributed by atoms with van der Waals surface area (Å²) in [6.45, 7) is 0. The summed E-state index contributed by atoms with van der Waals surface area (Å²) in [6.07, 6.45) is 7.08. The molecule has 0 saturated heterocycles. The fraction of sp³-hybridized carbons (Fsp3) is 0. The monoisotopic (exact) mass is 274 g/mol. The molecular formula is C17H14N4. The van der Waals surface area contributed by atoms with Crippen molar-refractivity contribution in [1.82, 2.24) is 9.78 Å². The van der Waals surface area contributed by atoms with Gasteiger partial charge in [0, 0.05) is 11.8 Å². The molecule has 0 aliphatic heterocycles. The fourth-order valence-corrected chi connectivity index (χ4v) is 1.86. The van der Waals surface area contributed by atoms with Gasteiger partial charge >= 0.3 is 0 Å². The molecule has 21 heavy (non-hydrogen) atoms. The second-order valence-corrected chi connectivity index (χ2v) is 4.45. The maximum atomic E-state index is 4.30. The molecule has 0 bridgehead atoms. The molecule has 2 aromatic carbocycles. The van der Waals surface area contributed by atoms with Crippen molar-refractivity contribution in [2.45, 2.75) is 0 Å². The lowest BCUT2D eigenvalue weighted by atomic mass is 10.2. The third kappa shape index (κ3) is 3.51. The van der Waals surface area contributed by atoms with Gasteiger partial charge in [-0.2, -0.15) is 15.3 Å². The normalized spacial score (nSPS) is 11.4. The van der Waals surface area contributed by atoms with Crippen molar-refractivity contribution in [3.05, 3.63) is 84.2 Å². The van der Waals surface area contributed by atoms with E-state index in [9.17, 15) is 0 Å². The molecule has 4 heteroatoms. The summed E-state index contributed by atoms with van der Waals surface area (Å²) < 4.78 is 1.81. The number of benzene rings is 2. The molecular weight excluding hydrogens is 260 g/mol. The third-order valence-electron chi connectivity index (χ3n) is 2.90. The van der Waals surface area contributed by atoms with Crippen LogP contribution in [0.5, 0.6) is 0 Å². The van der Waals surface area contributed by atoms with E-state index in [2.05, 4.69) is 15.3 Å². The third-order valence-corrected chi connectivity index (χ3v) is 2.90. The van der Waals surface area contributed by atoms with Crippen molar-refractivity contribution in [2.24, 2.45) is 10.2 Å². The molecule has 0 radical (unpaired) electrons. The van der Waals surface area contributed by atoms with Crippen LogP contribution in [0.25, 0.3) is 5.69 Å². The molecule has 3 aromatic rings. The first kappa shape index (κ1) is 13.0. The minimum absolute atomic E-state index is 0.907. The van der Waals surface area contributed by atoms with Crippen molar-refractivity contribution in [1.29, 1.82) is 0 Å². The molecule has 102 valence electrons. The van der Waals surface area contributed by atoms with E-state index in [1.165, 1.54) is 0 Å². The van der Waals surface area contributed by atoms with Crippen LogP contribution in [0.15, 0.2) is 83.3 Å². The zero-order chi connectivity index (χ0) is 14.3. The molecule has 0 saturated carbocycles. The summed E-state index contributed by atoms with van der Waals surface area (Å²) >= 11 is 0. The summed E-state index contributed by atoms with van der Waals surface area (Å²) in [4.78, 5) is 0. The van der Waals surface area contributed by atoms with Crippen molar-refractivity contribution in [3.8, 4) is 5.69 Å². The van der Waals surface area contributed by atoms with Gasteiger partial charge in [0.1, 0.15) is 0 Å². The van der Waals surface area contributed by atoms with Crippen LogP contribution < -0.4 is 0 Å². The Balaban J connectivity index is 1.67. The molecule has 0 unspecified atom stereocenters. The standard InChI is InChI=1S/C17H14N4/c1-3-7-15(8-4-1)11-18-19-12-16-13-20-21(14-16)17-9-5-2-6-10-17/h1-14H/b18-11+,19-12+. The molecule has 0 atom stereocenters. The maximum Gasteiger partial charge on any atom is 0.0645 e. The van der Waals surface area contributed by atoms with Gasteiger partial charge in [0.05, 0.1) is 24.3 Å². The van der Waals surface area contributed by atoms with E-state index >= 15 is 0 Å². The fourth-order valence-electron chi connectivity index (χ4n) is 1.86. The molecule has 0 amide bonds. The first-order chi connectivity index (χ1) is 10.4. The average molecular weight is 274 g/mol.